The molecule has 0 fully saturated rings. The summed E-state index contributed by atoms with van der Waals surface area (Å²) >= 11 is 0. The summed E-state index contributed by atoms with van der Waals surface area (Å²) in [6, 6.07) is 24.2. The van der Waals surface area contributed by atoms with Gasteiger partial charge in [-0.1, -0.05) is 75.6 Å². The van der Waals surface area contributed by atoms with Crippen LogP contribution in [0.2, 0.25) is 0 Å². The smallest absolute Gasteiger partial charge is 0.123 e. The molecule has 0 heterocycles. The monoisotopic (exact) mass is 473 g/mol. The van der Waals surface area contributed by atoms with Gasteiger partial charge in [-0.05, 0) is 72.5 Å². The van der Waals surface area contributed by atoms with Crippen molar-refractivity contribution >= 4 is 0 Å². The van der Waals surface area contributed by atoms with Crippen LogP contribution in [0, 0.1) is 17.1 Å². The third kappa shape index (κ3) is 10.2. The first kappa shape index (κ1) is 26.3. The number of ether oxygens (including phenoxy) is 2. The van der Waals surface area contributed by atoms with E-state index in [1.165, 1.54) is 63.5 Å². The lowest BCUT2D eigenvalue weighted by atomic mass is 10.0. The van der Waals surface area contributed by atoms with E-state index < -0.39 is 0 Å². The lowest BCUT2D eigenvalue weighted by Crippen LogP contribution is -1.97. The Hall–Kier alpha value is -3.32. The summed E-state index contributed by atoms with van der Waals surface area (Å²) in [6.45, 7) is 1.46. The third-order valence-corrected chi connectivity index (χ3v) is 6.09. The lowest BCUT2D eigenvalue weighted by molar-refractivity contribution is 0.302. The molecular weight excluding hydrogens is 437 g/mol. The van der Waals surface area contributed by atoms with E-state index >= 15 is 0 Å². The maximum absolute atomic E-state index is 12.9. The van der Waals surface area contributed by atoms with Gasteiger partial charge in [-0.2, -0.15) is 5.26 Å². The summed E-state index contributed by atoms with van der Waals surface area (Å²) in [5, 5.41) is 8.91. The van der Waals surface area contributed by atoms with Crippen molar-refractivity contribution in [3.05, 3.63) is 84.2 Å². The predicted octanol–water partition coefficient (Wildman–Crippen LogP) is 8.72. The Morgan fingerprint density at radius 1 is 0.514 bits per heavy atom. The van der Waals surface area contributed by atoms with Gasteiger partial charge in [0, 0.05) is 0 Å². The molecule has 0 aliphatic heterocycles. The van der Waals surface area contributed by atoms with Gasteiger partial charge in [0.05, 0.1) is 24.8 Å². The van der Waals surface area contributed by atoms with E-state index in [1.54, 1.807) is 12.1 Å². The number of halogens is 1. The highest BCUT2D eigenvalue weighted by Crippen LogP contribution is 2.23. The van der Waals surface area contributed by atoms with Crippen molar-refractivity contribution in [3.8, 4) is 28.7 Å². The van der Waals surface area contributed by atoms with Crippen molar-refractivity contribution in [2.45, 2.75) is 64.2 Å². The van der Waals surface area contributed by atoms with Crippen LogP contribution in [0.5, 0.6) is 11.5 Å². The first-order chi connectivity index (χ1) is 17.2. The van der Waals surface area contributed by atoms with Crippen molar-refractivity contribution < 1.29 is 13.9 Å². The van der Waals surface area contributed by atoms with E-state index in [2.05, 4.69) is 18.2 Å². The summed E-state index contributed by atoms with van der Waals surface area (Å²) in [5.41, 5.74) is 2.90. The Morgan fingerprint density at radius 3 is 1.31 bits per heavy atom. The Morgan fingerprint density at radius 2 is 0.886 bits per heavy atom. The highest BCUT2D eigenvalue weighted by Gasteiger charge is 2.00. The Bertz CT molecular complexity index is 1010. The van der Waals surface area contributed by atoms with Crippen LogP contribution in [0.15, 0.2) is 72.8 Å². The van der Waals surface area contributed by atoms with E-state index in [1.807, 2.05) is 36.4 Å². The molecule has 0 bridgehead atoms. The Labute approximate surface area is 209 Å². The molecule has 0 unspecified atom stereocenters. The topological polar surface area (TPSA) is 42.2 Å². The highest BCUT2D eigenvalue weighted by molar-refractivity contribution is 5.64. The molecule has 0 atom stereocenters. The molecule has 0 saturated heterocycles. The molecular formula is C31H36FNO2. The standard InChI is InChI=1S/C31H36FNO2/c32-29-17-21-31(22-18-29)35-24-10-8-6-4-2-1-3-5-7-9-23-34-30-19-15-28(16-20-30)27-13-11-26(25-33)12-14-27/h11-22H,1-10,23-24H2. The van der Waals surface area contributed by atoms with Crippen molar-refractivity contribution in [3.63, 3.8) is 0 Å². The number of nitriles is 1. The van der Waals surface area contributed by atoms with E-state index in [0.717, 1.165) is 42.1 Å². The van der Waals surface area contributed by atoms with Crippen molar-refractivity contribution in [2.24, 2.45) is 0 Å². The molecule has 3 aromatic carbocycles. The minimum atomic E-state index is -0.228. The maximum atomic E-state index is 12.9. The second-order valence-electron chi connectivity index (χ2n) is 8.90. The zero-order valence-corrected chi connectivity index (χ0v) is 20.6. The molecule has 0 spiro atoms. The number of rotatable bonds is 16. The minimum absolute atomic E-state index is 0.228. The number of unbranched alkanes of at least 4 members (excludes halogenated alkanes) is 9. The van der Waals surface area contributed by atoms with Gasteiger partial charge in [-0.3, -0.25) is 0 Å². The molecule has 184 valence electrons. The second-order valence-corrected chi connectivity index (χ2v) is 8.90. The molecule has 4 heteroatoms. The fraction of sp³-hybridized carbons (Fsp3) is 0.387. The fourth-order valence-corrected chi connectivity index (χ4v) is 4.01. The zero-order valence-electron chi connectivity index (χ0n) is 20.6. The van der Waals surface area contributed by atoms with Crippen LogP contribution in [0.1, 0.15) is 69.8 Å². The molecule has 0 aliphatic carbocycles. The van der Waals surface area contributed by atoms with Crippen LogP contribution in [0.3, 0.4) is 0 Å². The molecule has 35 heavy (non-hydrogen) atoms. The number of hydrogen-bond donors (Lipinski definition) is 0. The van der Waals surface area contributed by atoms with Crippen LogP contribution in [0.4, 0.5) is 4.39 Å². The molecule has 0 amide bonds. The van der Waals surface area contributed by atoms with Gasteiger partial charge in [0.1, 0.15) is 17.3 Å². The first-order valence-corrected chi connectivity index (χ1v) is 12.9. The van der Waals surface area contributed by atoms with Crippen molar-refractivity contribution in [2.75, 3.05) is 13.2 Å². The number of benzene rings is 3. The average Bonchev–Trinajstić information content (AvgIpc) is 2.90. The SMILES string of the molecule is N#Cc1ccc(-c2ccc(OCCCCCCCCCCCCOc3ccc(F)cc3)cc2)cc1. The van der Waals surface area contributed by atoms with Gasteiger partial charge in [0.15, 0.2) is 0 Å². The lowest BCUT2D eigenvalue weighted by Gasteiger charge is -2.08. The van der Waals surface area contributed by atoms with Crippen LogP contribution in [-0.2, 0) is 0 Å². The zero-order chi connectivity index (χ0) is 24.6. The molecule has 3 nitrogen and oxygen atoms in total. The average molecular weight is 474 g/mol. The van der Waals surface area contributed by atoms with Gasteiger partial charge in [0.25, 0.3) is 0 Å². The predicted molar refractivity (Wildman–Crippen MR) is 140 cm³/mol. The molecule has 0 saturated carbocycles. The molecule has 0 radical (unpaired) electrons. The number of hydrogen-bond acceptors (Lipinski definition) is 3. The fourth-order valence-electron chi connectivity index (χ4n) is 4.01. The Balaban J connectivity index is 1.12. The minimum Gasteiger partial charge on any atom is -0.494 e. The van der Waals surface area contributed by atoms with Crippen molar-refractivity contribution in [1.29, 1.82) is 5.26 Å². The molecule has 0 aliphatic rings. The largest absolute Gasteiger partial charge is 0.494 e. The van der Waals surface area contributed by atoms with Gasteiger partial charge in [0.2, 0.25) is 0 Å². The molecule has 3 rings (SSSR count). The highest BCUT2D eigenvalue weighted by atomic mass is 19.1. The molecule has 0 aromatic heterocycles. The first-order valence-electron chi connectivity index (χ1n) is 12.9. The van der Waals surface area contributed by atoms with E-state index in [9.17, 15) is 4.39 Å². The second kappa shape index (κ2) is 15.6. The van der Waals surface area contributed by atoms with E-state index in [4.69, 9.17) is 14.7 Å². The maximum Gasteiger partial charge on any atom is 0.123 e. The summed E-state index contributed by atoms with van der Waals surface area (Å²) in [4.78, 5) is 0. The van der Waals surface area contributed by atoms with Gasteiger partial charge >= 0.3 is 0 Å². The van der Waals surface area contributed by atoms with E-state index in [-0.39, 0.29) is 5.82 Å². The van der Waals surface area contributed by atoms with Crippen LogP contribution in [-0.4, -0.2) is 13.2 Å². The quantitative estimate of drug-likeness (QED) is 0.195. The summed E-state index contributed by atoms with van der Waals surface area (Å²) in [7, 11) is 0. The normalized spacial score (nSPS) is 10.6. The number of nitrogens with zero attached hydrogens (tertiary/aromatic N) is 1. The van der Waals surface area contributed by atoms with Crippen LogP contribution >= 0.6 is 0 Å². The van der Waals surface area contributed by atoms with Crippen molar-refractivity contribution in [1.82, 2.24) is 0 Å². The van der Waals surface area contributed by atoms with Gasteiger partial charge in [-0.25, -0.2) is 4.39 Å². The summed E-state index contributed by atoms with van der Waals surface area (Å²) < 4.78 is 24.4. The van der Waals surface area contributed by atoms with Crippen LogP contribution in [0.25, 0.3) is 11.1 Å². The Kier molecular flexibility index (Phi) is 11.7. The molecule has 3 aromatic rings. The molecule has 0 N–H and O–H groups in total. The summed E-state index contributed by atoms with van der Waals surface area (Å²) in [5.74, 6) is 1.42. The summed E-state index contributed by atoms with van der Waals surface area (Å²) in [6.07, 6.45) is 12.3. The van der Waals surface area contributed by atoms with Gasteiger partial charge < -0.3 is 9.47 Å². The van der Waals surface area contributed by atoms with E-state index in [0.29, 0.717) is 12.2 Å². The van der Waals surface area contributed by atoms with Gasteiger partial charge in [-0.15, -0.1) is 0 Å². The third-order valence-electron chi connectivity index (χ3n) is 6.09. The van der Waals surface area contributed by atoms with Crippen LogP contribution < -0.4 is 9.47 Å².